The maximum atomic E-state index is 14.0. The van der Waals surface area contributed by atoms with Crippen LogP contribution in [0.3, 0.4) is 0 Å². The Morgan fingerprint density at radius 2 is 1.61 bits per heavy atom. The van der Waals surface area contributed by atoms with Crippen LogP contribution >= 0.6 is 0 Å². The number of carboxylic acids is 1. The molecule has 2 N–H and O–H groups in total. The fourth-order valence-corrected chi connectivity index (χ4v) is 13.2. The normalized spacial score (nSPS) is 34.2. The molecule has 0 radical (unpaired) electrons. The summed E-state index contributed by atoms with van der Waals surface area (Å²) < 4.78 is 6.21. The fraction of sp³-hybridized carbons (Fsp3) is 0.739. The molecule has 0 aromatic heterocycles. The van der Waals surface area contributed by atoms with Gasteiger partial charge >= 0.3 is 11.9 Å². The number of carbonyl (C=O) groups is 4. The lowest BCUT2D eigenvalue weighted by molar-refractivity contribution is -0.213. The first-order valence-electron chi connectivity index (χ1n) is 20.7. The lowest BCUT2D eigenvalue weighted by Gasteiger charge is -2.69. The van der Waals surface area contributed by atoms with Crippen LogP contribution in [-0.2, 0) is 30.5 Å². The first kappa shape index (κ1) is 42.3. The number of rotatable bonds is 12. The molecule has 0 saturated heterocycles. The molecular weight excluding hydrogens is 679 g/mol. The Kier molecular flexibility index (Phi) is 12.5. The number of aliphatic hydroxyl groups is 1. The molecule has 0 bridgehead atoms. The number of benzene rings is 1. The number of carbonyl (C=O) groups excluding carboxylic acids is 3. The highest BCUT2D eigenvalue weighted by Crippen LogP contribution is 2.73. The second-order valence-electron chi connectivity index (χ2n) is 19.8. The van der Waals surface area contributed by atoms with Crippen molar-refractivity contribution in [1.29, 1.82) is 0 Å². The van der Waals surface area contributed by atoms with E-state index in [4.69, 9.17) is 9.84 Å². The summed E-state index contributed by atoms with van der Waals surface area (Å²) in [7, 11) is 1.00. The summed E-state index contributed by atoms with van der Waals surface area (Å²) in [5.41, 5.74) is 2.89. The number of ketones is 1. The molecule has 4 fully saturated rings. The standard InChI is InChI=1S/C45H65NO6.CH4O/c1-29(2)39-33(48)24-45(22-23-46(27-37(49)50)26-30-12-10-9-11-13-30)21-16-32-31(40(39)45)14-15-35-43(32,7)19-17-34-42(5,6)36(18-20-44(34,35)8)52-38(51)25-41(3,4)28-47;1-2/h9-13,28-29,31-32,34-36H,14-27H2,1-8H3,(H,49,50);2H,1H3. The zero-order valence-corrected chi connectivity index (χ0v) is 34.7. The molecule has 0 spiro atoms. The van der Waals surface area contributed by atoms with Crippen LogP contribution in [0, 0.1) is 56.7 Å². The number of aliphatic hydroxyl groups excluding tert-OH is 1. The molecule has 4 saturated carbocycles. The first-order valence-corrected chi connectivity index (χ1v) is 20.7. The molecule has 5 aliphatic carbocycles. The van der Waals surface area contributed by atoms with E-state index in [1.54, 1.807) is 13.8 Å². The number of nitrogens with zero attached hydrogens (tertiary/aromatic N) is 1. The van der Waals surface area contributed by atoms with Crippen LogP contribution in [0.4, 0.5) is 0 Å². The summed E-state index contributed by atoms with van der Waals surface area (Å²) in [5, 5.41) is 16.8. The minimum atomic E-state index is -0.814. The second kappa shape index (κ2) is 16.0. The highest BCUT2D eigenvalue weighted by Gasteiger charge is 2.66. The Balaban J connectivity index is 0.00000276. The number of fused-ring (bicyclic) bond motifs is 7. The Hall–Kier alpha value is -2.84. The van der Waals surface area contributed by atoms with Crippen LogP contribution in [0.5, 0.6) is 0 Å². The topological polar surface area (TPSA) is 121 Å². The Morgan fingerprint density at radius 1 is 0.944 bits per heavy atom. The zero-order chi connectivity index (χ0) is 39.9. The molecule has 1 aromatic carbocycles. The quantitative estimate of drug-likeness (QED) is 0.161. The van der Waals surface area contributed by atoms with Gasteiger partial charge in [0.1, 0.15) is 12.4 Å². The number of esters is 1. The monoisotopic (exact) mass is 748 g/mol. The van der Waals surface area contributed by atoms with Crippen molar-refractivity contribution in [3.8, 4) is 0 Å². The minimum Gasteiger partial charge on any atom is -0.480 e. The van der Waals surface area contributed by atoms with Gasteiger partial charge in [-0.2, -0.15) is 0 Å². The van der Waals surface area contributed by atoms with Crippen LogP contribution in [0.25, 0.3) is 0 Å². The van der Waals surface area contributed by atoms with E-state index in [-0.39, 0.29) is 52.6 Å². The Morgan fingerprint density at radius 3 is 2.24 bits per heavy atom. The largest absolute Gasteiger partial charge is 0.480 e. The maximum absolute atomic E-state index is 14.0. The SMILES string of the molecule is CC(C)C1=C2C3CCC4C(C)(CCC5C(C)(C)C(OC(=O)CC(C)(C)C=O)CCC54C)C3CCC2(CCN(CC(=O)O)Cc2ccccc2)CC1=O.CO. The third kappa shape index (κ3) is 7.77. The van der Waals surface area contributed by atoms with Gasteiger partial charge in [0.05, 0.1) is 13.0 Å². The van der Waals surface area contributed by atoms with Crippen molar-refractivity contribution in [2.75, 3.05) is 20.2 Å². The van der Waals surface area contributed by atoms with E-state index in [0.29, 0.717) is 49.0 Å². The van der Waals surface area contributed by atoms with Crippen molar-refractivity contribution in [2.45, 2.75) is 139 Å². The number of carboxylic acid groups (broad SMARTS) is 1. The van der Waals surface area contributed by atoms with E-state index in [9.17, 15) is 24.3 Å². The highest BCUT2D eigenvalue weighted by atomic mass is 16.5. The summed E-state index contributed by atoms with van der Waals surface area (Å²) in [6, 6.07) is 10.1. The van der Waals surface area contributed by atoms with Crippen molar-refractivity contribution in [2.24, 2.45) is 56.7 Å². The highest BCUT2D eigenvalue weighted by molar-refractivity contribution is 6.00. The van der Waals surface area contributed by atoms with Crippen molar-refractivity contribution in [3.63, 3.8) is 0 Å². The van der Waals surface area contributed by atoms with Gasteiger partial charge in [0, 0.05) is 36.3 Å². The van der Waals surface area contributed by atoms with E-state index in [2.05, 4.69) is 58.6 Å². The molecule has 0 amide bonds. The predicted molar refractivity (Wildman–Crippen MR) is 211 cm³/mol. The zero-order valence-electron chi connectivity index (χ0n) is 34.7. The lowest BCUT2D eigenvalue weighted by Crippen LogP contribution is -2.63. The summed E-state index contributed by atoms with van der Waals surface area (Å²) in [5.74, 6) is 1.34. The van der Waals surface area contributed by atoms with E-state index in [1.807, 2.05) is 18.2 Å². The smallest absolute Gasteiger partial charge is 0.317 e. The summed E-state index contributed by atoms with van der Waals surface area (Å²) in [4.78, 5) is 52.6. The number of Topliss-reactive ketones (excluding diaryl/α,β-unsaturated/α-hetero) is 1. The lowest BCUT2D eigenvalue weighted by atomic mass is 9.36. The molecule has 8 heteroatoms. The van der Waals surface area contributed by atoms with Crippen LogP contribution in [-0.4, -0.2) is 65.4 Å². The number of ether oxygens (including phenoxy) is 1. The molecule has 8 nitrogen and oxygen atoms in total. The van der Waals surface area contributed by atoms with Crippen LogP contribution in [0.15, 0.2) is 41.5 Å². The average molecular weight is 748 g/mol. The number of allylic oxidation sites excluding steroid dienone is 2. The molecule has 0 aliphatic heterocycles. The number of aliphatic carboxylic acids is 1. The van der Waals surface area contributed by atoms with Crippen LogP contribution < -0.4 is 0 Å². The van der Waals surface area contributed by atoms with E-state index in [0.717, 1.165) is 82.3 Å². The fourth-order valence-electron chi connectivity index (χ4n) is 13.2. The molecule has 6 rings (SSSR count). The third-order valence-electron chi connectivity index (χ3n) is 15.4. The van der Waals surface area contributed by atoms with Gasteiger partial charge in [0.15, 0.2) is 5.78 Å². The molecule has 0 heterocycles. The molecule has 5 aliphatic rings. The van der Waals surface area contributed by atoms with Crippen LogP contribution in [0.2, 0.25) is 0 Å². The van der Waals surface area contributed by atoms with E-state index in [1.165, 1.54) is 5.57 Å². The van der Waals surface area contributed by atoms with E-state index >= 15 is 0 Å². The summed E-state index contributed by atoms with van der Waals surface area (Å²) in [6.45, 7) is 19.0. The van der Waals surface area contributed by atoms with Crippen molar-refractivity contribution in [3.05, 3.63) is 47.0 Å². The first-order chi connectivity index (χ1) is 25.4. The van der Waals surface area contributed by atoms with Gasteiger partial charge in [-0.15, -0.1) is 0 Å². The average Bonchev–Trinajstić information content (AvgIpc) is 3.42. The second-order valence-corrected chi connectivity index (χ2v) is 19.8. The number of aldehydes is 1. The van der Waals surface area contributed by atoms with Crippen molar-refractivity contribution >= 4 is 24.0 Å². The van der Waals surface area contributed by atoms with Gasteiger partial charge in [-0.1, -0.05) is 91.3 Å². The van der Waals surface area contributed by atoms with Crippen molar-refractivity contribution < 1.29 is 34.1 Å². The van der Waals surface area contributed by atoms with E-state index < -0.39 is 11.4 Å². The van der Waals surface area contributed by atoms with Crippen LogP contribution in [0.1, 0.15) is 132 Å². The minimum absolute atomic E-state index is 0.00625. The molecule has 54 heavy (non-hydrogen) atoms. The molecule has 1 aromatic rings. The van der Waals surface area contributed by atoms with Gasteiger partial charge in [-0.05, 0) is 116 Å². The van der Waals surface area contributed by atoms with Gasteiger partial charge in [-0.25, -0.2) is 0 Å². The Bertz CT molecular complexity index is 1580. The van der Waals surface area contributed by atoms with Gasteiger partial charge in [0.2, 0.25) is 0 Å². The summed E-state index contributed by atoms with van der Waals surface area (Å²) in [6.07, 6.45) is 10.7. The predicted octanol–water partition coefficient (Wildman–Crippen LogP) is 8.69. The third-order valence-corrected chi connectivity index (χ3v) is 15.4. The van der Waals surface area contributed by atoms with Crippen molar-refractivity contribution in [1.82, 2.24) is 4.90 Å². The summed E-state index contributed by atoms with van der Waals surface area (Å²) >= 11 is 0. The molecule has 300 valence electrons. The van der Waals surface area contributed by atoms with Gasteiger partial charge in [-0.3, -0.25) is 19.3 Å². The Labute approximate surface area is 324 Å². The molecule has 8 atom stereocenters. The molecular formula is C46H69NO7. The number of hydrogen-bond donors (Lipinski definition) is 2. The molecule has 8 unspecified atom stereocenters. The maximum Gasteiger partial charge on any atom is 0.317 e. The van der Waals surface area contributed by atoms with Gasteiger partial charge < -0.3 is 19.7 Å². The number of hydrogen-bond acceptors (Lipinski definition) is 7. The van der Waals surface area contributed by atoms with Gasteiger partial charge in [0.25, 0.3) is 0 Å².